The highest BCUT2D eigenvalue weighted by molar-refractivity contribution is 7.92. The number of nitrogens with one attached hydrogen (secondary N) is 2. The van der Waals surface area contributed by atoms with Crippen LogP contribution in [0.5, 0.6) is 0 Å². The molecule has 1 aromatic heterocycles. The molecule has 30 heavy (non-hydrogen) atoms. The number of anilines is 2. The van der Waals surface area contributed by atoms with Crippen molar-refractivity contribution in [3.63, 3.8) is 0 Å². The molecule has 0 radical (unpaired) electrons. The Morgan fingerprint density at radius 1 is 0.967 bits per heavy atom. The van der Waals surface area contributed by atoms with Crippen LogP contribution in [0.1, 0.15) is 15.9 Å². The number of fused-ring (bicyclic) bond motifs is 1. The highest BCUT2D eigenvalue weighted by atomic mass is 32.2. The average molecular weight is 441 g/mol. The molecule has 0 aliphatic rings. The summed E-state index contributed by atoms with van der Waals surface area (Å²) in [5, 5.41) is 4.28. The van der Waals surface area contributed by atoms with Crippen LogP contribution in [-0.2, 0) is 10.0 Å². The largest absolute Gasteiger partial charge is 0.313 e. The first-order valence-corrected chi connectivity index (χ1v) is 11.3. The predicted molar refractivity (Wildman–Crippen MR) is 118 cm³/mol. The van der Waals surface area contributed by atoms with Crippen LogP contribution in [0.25, 0.3) is 10.1 Å². The van der Waals surface area contributed by atoms with Crippen LogP contribution in [0.4, 0.5) is 15.1 Å². The number of amides is 1. The van der Waals surface area contributed by atoms with Crippen molar-refractivity contribution in [2.75, 3.05) is 10.0 Å². The summed E-state index contributed by atoms with van der Waals surface area (Å²) in [7, 11) is -3.94. The van der Waals surface area contributed by atoms with Crippen molar-refractivity contribution in [2.45, 2.75) is 11.8 Å². The second-order valence-electron chi connectivity index (χ2n) is 6.71. The van der Waals surface area contributed by atoms with Crippen LogP contribution in [0.15, 0.2) is 77.7 Å². The lowest BCUT2D eigenvalue weighted by molar-refractivity contribution is 0.102. The van der Waals surface area contributed by atoms with E-state index in [1.54, 1.807) is 12.1 Å². The van der Waals surface area contributed by atoms with Crippen molar-refractivity contribution < 1.29 is 17.6 Å². The summed E-state index contributed by atoms with van der Waals surface area (Å²) < 4.78 is 42.7. The van der Waals surface area contributed by atoms with Gasteiger partial charge < -0.3 is 5.32 Å². The third-order valence-electron chi connectivity index (χ3n) is 4.46. The van der Waals surface area contributed by atoms with E-state index in [9.17, 15) is 17.6 Å². The summed E-state index contributed by atoms with van der Waals surface area (Å²) in [6, 6.07) is 19.1. The minimum atomic E-state index is -3.94. The molecule has 0 aliphatic heterocycles. The third kappa shape index (κ3) is 4.19. The fourth-order valence-electron chi connectivity index (χ4n) is 2.94. The summed E-state index contributed by atoms with van der Waals surface area (Å²) in [5.74, 6) is -1.25. The number of hydrogen-bond donors (Lipinski definition) is 2. The van der Waals surface area contributed by atoms with Crippen LogP contribution >= 0.6 is 11.3 Å². The number of carbonyl (C=O) groups excluding carboxylic acids is 1. The van der Waals surface area contributed by atoms with Crippen molar-refractivity contribution in [2.24, 2.45) is 0 Å². The molecule has 5 nitrogen and oxygen atoms in total. The van der Waals surface area contributed by atoms with Crippen LogP contribution in [0, 0.1) is 12.7 Å². The summed E-state index contributed by atoms with van der Waals surface area (Å²) in [6.45, 7) is 1.85. The lowest BCUT2D eigenvalue weighted by Gasteiger charge is -2.13. The summed E-state index contributed by atoms with van der Waals surface area (Å²) in [4.78, 5) is 12.9. The van der Waals surface area contributed by atoms with E-state index in [0.29, 0.717) is 5.00 Å². The molecule has 1 amide bonds. The molecule has 0 saturated heterocycles. The predicted octanol–water partition coefficient (Wildman–Crippen LogP) is 5.40. The number of thiophene rings is 1. The second kappa shape index (κ2) is 7.89. The molecule has 0 bridgehead atoms. The van der Waals surface area contributed by atoms with E-state index in [2.05, 4.69) is 10.0 Å². The molecule has 0 aliphatic carbocycles. The number of hydrogen-bond acceptors (Lipinski definition) is 4. The first-order chi connectivity index (χ1) is 14.3. The molecule has 3 aromatic carbocycles. The lowest BCUT2D eigenvalue weighted by Crippen LogP contribution is -2.18. The van der Waals surface area contributed by atoms with Crippen LogP contribution < -0.4 is 10.0 Å². The number of rotatable bonds is 5. The lowest BCUT2D eigenvalue weighted by atomic mass is 10.1. The van der Waals surface area contributed by atoms with Crippen molar-refractivity contribution in [1.29, 1.82) is 0 Å². The van der Waals surface area contributed by atoms with Gasteiger partial charge in [-0.1, -0.05) is 35.9 Å². The Balaban J connectivity index is 1.64. The molecule has 4 aromatic rings. The zero-order valence-electron chi connectivity index (χ0n) is 15.8. The molecule has 2 N–H and O–H groups in total. The molecule has 152 valence electrons. The Bertz CT molecular complexity index is 1310. The normalized spacial score (nSPS) is 11.4. The Labute approximate surface area is 177 Å². The van der Waals surface area contributed by atoms with Crippen LogP contribution in [0.3, 0.4) is 0 Å². The zero-order valence-corrected chi connectivity index (χ0v) is 17.5. The number of carbonyl (C=O) groups is 1. The van der Waals surface area contributed by atoms with Gasteiger partial charge in [-0.05, 0) is 54.8 Å². The van der Waals surface area contributed by atoms with Gasteiger partial charge in [0.2, 0.25) is 0 Å². The number of aryl methyl sites for hydroxylation is 1. The van der Waals surface area contributed by atoms with Gasteiger partial charge in [0, 0.05) is 4.70 Å². The van der Waals surface area contributed by atoms with Gasteiger partial charge in [0.25, 0.3) is 15.9 Å². The number of benzene rings is 3. The van der Waals surface area contributed by atoms with E-state index in [1.165, 1.54) is 29.5 Å². The van der Waals surface area contributed by atoms with Gasteiger partial charge in [-0.15, -0.1) is 11.3 Å². The van der Waals surface area contributed by atoms with Crippen molar-refractivity contribution in [1.82, 2.24) is 0 Å². The minimum absolute atomic E-state index is 0.00409. The number of sulfonamides is 1. The molecule has 0 fully saturated rings. The SMILES string of the molecule is Cc1ccc(S(=O)(=O)Nc2ccc(F)cc2C(=O)Nc2cc3ccccc3s2)cc1. The highest BCUT2D eigenvalue weighted by Gasteiger charge is 2.20. The van der Waals surface area contributed by atoms with Gasteiger partial charge in [-0.3, -0.25) is 9.52 Å². The molecular weight excluding hydrogens is 423 g/mol. The van der Waals surface area contributed by atoms with E-state index in [-0.39, 0.29) is 16.1 Å². The van der Waals surface area contributed by atoms with E-state index in [4.69, 9.17) is 0 Å². The van der Waals surface area contributed by atoms with Crippen LogP contribution in [-0.4, -0.2) is 14.3 Å². The Hall–Kier alpha value is -3.23. The molecule has 8 heteroatoms. The molecule has 0 unspecified atom stereocenters. The molecule has 1 heterocycles. The smallest absolute Gasteiger partial charge is 0.261 e. The summed E-state index contributed by atoms with van der Waals surface area (Å²) in [5.41, 5.74) is 0.804. The molecule has 4 rings (SSSR count). The third-order valence-corrected chi connectivity index (χ3v) is 6.88. The highest BCUT2D eigenvalue weighted by Crippen LogP contribution is 2.30. The molecule has 0 saturated carbocycles. The Kier molecular flexibility index (Phi) is 5.27. The summed E-state index contributed by atoms with van der Waals surface area (Å²) in [6.07, 6.45) is 0. The van der Waals surface area contributed by atoms with E-state index < -0.39 is 21.7 Å². The maximum absolute atomic E-state index is 13.9. The first kappa shape index (κ1) is 20.1. The maximum atomic E-state index is 13.9. The average Bonchev–Trinajstić information content (AvgIpc) is 3.11. The maximum Gasteiger partial charge on any atom is 0.261 e. The van der Waals surface area contributed by atoms with Gasteiger partial charge >= 0.3 is 0 Å². The number of halogens is 1. The fourth-order valence-corrected chi connectivity index (χ4v) is 4.97. The van der Waals surface area contributed by atoms with Crippen LogP contribution in [0.2, 0.25) is 0 Å². The fraction of sp³-hybridized carbons (Fsp3) is 0.0455. The Morgan fingerprint density at radius 3 is 2.43 bits per heavy atom. The van der Waals surface area contributed by atoms with E-state index in [1.807, 2.05) is 37.3 Å². The Morgan fingerprint density at radius 2 is 1.70 bits per heavy atom. The van der Waals surface area contributed by atoms with Crippen molar-refractivity contribution in [3.05, 3.63) is 89.7 Å². The molecule has 0 atom stereocenters. The second-order valence-corrected chi connectivity index (χ2v) is 9.48. The van der Waals surface area contributed by atoms with E-state index >= 15 is 0 Å². The molecule has 0 spiro atoms. The van der Waals surface area contributed by atoms with Gasteiger partial charge in [0.05, 0.1) is 21.1 Å². The minimum Gasteiger partial charge on any atom is -0.313 e. The molecular formula is C22H17FN2O3S2. The van der Waals surface area contributed by atoms with Crippen molar-refractivity contribution >= 4 is 48.0 Å². The quantitative estimate of drug-likeness (QED) is 0.436. The van der Waals surface area contributed by atoms with Crippen molar-refractivity contribution in [3.8, 4) is 0 Å². The zero-order chi connectivity index (χ0) is 21.3. The van der Waals surface area contributed by atoms with Gasteiger partial charge in [-0.2, -0.15) is 0 Å². The van der Waals surface area contributed by atoms with Gasteiger partial charge in [0.15, 0.2) is 0 Å². The first-order valence-electron chi connectivity index (χ1n) is 9.01. The standard InChI is InChI=1S/C22H17FN2O3S2/c1-14-6-9-17(10-7-14)30(27,28)25-19-11-8-16(23)13-18(19)22(26)24-21-12-15-4-2-3-5-20(15)29-21/h2-13,25H,1H3,(H,24,26). The van der Waals surface area contributed by atoms with Gasteiger partial charge in [0.1, 0.15) is 5.82 Å². The monoisotopic (exact) mass is 440 g/mol. The van der Waals surface area contributed by atoms with Gasteiger partial charge in [-0.25, -0.2) is 12.8 Å². The summed E-state index contributed by atoms with van der Waals surface area (Å²) >= 11 is 1.38. The topological polar surface area (TPSA) is 75.3 Å². The van der Waals surface area contributed by atoms with E-state index in [0.717, 1.165) is 27.8 Å².